The number of amidine groups is 1. The maximum Gasteiger partial charge on any atom is 0.310 e. The van der Waals surface area contributed by atoms with Crippen molar-refractivity contribution >= 4 is 29.1 Å². The van der Waals surface area contributed by atoms with E-state index < -0.39 is 0 Å². The summed E-state index contributed by atoms with van der Waals surface area (Å²) in [4.78, 5) is 19.6. The molecule has 4 rings (SSSR count). The van der Waals surface area contributed by atoms with Gasteiger partial charge in [-0.3, -0.25) is 4.79 Å². The molecule has 1 N–H and O–H groups in total. The number of nitrogens with zero attached hydrogens (tertiary/aromatic N) is 2. The fourth-order valence-electron chi connectivity index (χ4n) is 4.04. The monoisotopic (exact) mass is 427 g/mol. The first-order valence-corrected chi connectivity index (χ1v) is 10.8. The van der Waals surface area contributed by atoms with E-state index in [2.05, 4.69) is 10.2 Å². The molecule has 0 aliphatic carbocycles. The number of ether oxygens (including phenoxy) is 2. The van der Waals surface area contributed by atoms with E-state index in [1.807, 2.05) is 56.3 Å². The molecule has 0 bridgehead atoms. The highest BCUT2D eigenvalue weighted by molar-refractivity contribution is 6.31. The van der Waals surface area contributed by atoms with Crippen LogP contribution in [0.5, 0.6) is 11.5 Å². The summed E-state index contributed by atoms with van der Waals surface area (Å²) in [6.07, 6.45) is 0.713. The van der Waals surface area contributed by atoms with Gasteiger partial charge in [0.15, 0.2) is 5.75 Å². The van der Waals surface area contributed by atoms with Crippen LogP contribution in [0.4, 0.5) is 5.69 Å². The van der Waals surface area contributed by atoms with Crippen molar-refractivity contribution in [1.82, 2.24) is 10.2 Å². The van der Waals surface area contributed by atoms with E-state index in [9.17, 15) is 4.79 Å². The minimum atomic E-state index is -0.207. The topological polar surface area (TPSA) is 63.2 Å². The molecule has 0 spiro atoms. The van der Waals surface area contributed by atoms with Crippen molar-refractivity contribution in [1.29, 1.82) is 0 Å². The molecule has 2 aliphatic heterocycles. The number of hydrogen-bond acceptors (Lipinski definition) is 6. The normalized spacial score (nSPS) is 19.0. The third kappa shape index (κ3) is 4.16. The Balaban J connectivity index is 1.70. The molecule has 2 aromatic carbocycles. The molecule has 7 heteroatoms. The summed E-state index contributed by atoms with van der Waals surface area (Å²) in [6.45, 7) is 6.40. The summed E-state index contributed by atoms with van der Waals surface area (Å²) in [5.41, 5.74) is 1.62. The van der Waals surface area contributed by atoms with Crippen LogP contribution in [-0.4, -0.2) is 49.0 Å². The minimum absolute atomic E-state index is 0.0208. The third-order valence-electron chi connectivity index (χ3n) is 5.51. The number of fused-ring (bicyclic) bond motifs is 2. The fourth-order valence-corrected chi connectivity index (χ4v) is 4.21. The van der Waals surface area contributed by atoms with E-state index in [0.717, 1.165) is 35.9 Å². The minimum Gasteiger partial charge on any atom is -0.466 e. The van der Waals surface area contributed by atoms with Crippen LogP contribution in [0.2, 0.25) is 5.02 Å². The molecule has 0 radical (unpaired) electrons. The Morgan fingerprint density at radius 1 is 1.30 bits per heavy atom. The largest absolute Gasteiger partial charge is 0.466 e. The van der Waals surface area contributed by atoms with Crippen molar-refractivity contribution in [2.24, 2.45) is 10.9 Å². The van der Waals surface area contributed by atoms with E-state index in [0.29, 0.717) is 30.3 Å². The first-order chi connectivity index (χ1) is 14.6. The van der Waals surface area contributed by atoms with Gasteiger partial charge in [0.25, 0.3) is 0 Å². The van der Waals surface area contributed by atoms with Crippen LogP contribution < -0.4 is 10.1 Å². The molecular weight excluding hydrogens is 402 g/mol. The zero-order valence-corrected chi connectivity index (χ0v) is 18.0. The maximum atomic E-state index is 12.5. The molecule has 30 heavy (non-hydrogen) atoms. The molecule has 2 aliphatic rings. The highest BCUT2D eigenvalue weighted by Crippen LogP contribution is 2.39. The average Bonchev–Trinajstić information content (AvgIpc) is 2.91. The number of nitrogens with one attached hydrogen (secondary N) is 1. The highest BCUT2D eigenvalue weighted by Gasteiger charge is 2.34. The Morgan fingerprint density at radius 2 is 2.13 bits per heavy atom. The number of rotatable bonds is 4. The Labute approximate surface area is 181 Å². The average molecular weight is 428 g/mol. The summed E-state index contributed by atoms with van der Waals surface area (Å²) in [5.74, 6) is 1.87. The van der Waals surface area contributed by atoms with Gasteiger partial charge in [0, 0.05) is 30.7 Å². The van der Waals surface area contributed by atoms with Gasteiger partial charge in [0.05, 0.1) is 18.1 Å². The van der Waals surface area contributed by atoms with E-state index in [1.54, 1.807) is 0 Å². The van der Waals surface area contributed by atoms with Crippen LogP contribution in [0, 0.1) is 5.92 Å². The molecule has 0 amide bonds. The third-order valence-corrected chi connectivity index (χ3v) is 5.75. The molecule has 2 atom stereocenters. The lowest BCUT2D eigenvalue weighted by Crippen LogP contribution is -2.56. The summed E-state index contributed by atoms with van der Waals surface area (Å²) < 4.78 is 11.5. The number of carbonyl (C=O) groups is 1. The summed E-state index contributed by atoms with van der Waals surface area (Å²) in [5, 5.41) is 4.12. The van der Waals surface area contributed by atoms with Gasteiger partial charge in [-0.15, -0.1) is 0 Å². The van der Waals surface area contributed by atoms with Crippen molar-refractivity contribution in [2.45, 2.75) is 26.3 Å². The highest BCUT2D eigenvalue weighted by atomic mass is 35.5. The van der Waals surface area contributed by atoms with Gasteiger partial charge in [-0.2, -0.15) is 0 Å². The zero-order chi connectivity index (χ0) is 21.1. The van der Waals surface area contributed by atoms with Gasteiger partial charge < -0.3 is 19.7 Å². The number of benzene rings is 2. The first-order valence-electron chi connectivity index (χ1n) is 10.4. The van der Waals surface area contributed by atoms with Crippen molar-refractivity contribution in [2.75, 3.05) is 26.2 Å². The van der Waals surface area contributed by atoms with E-state index in [1.165, 1.54) is 0 Å². The lowest BCUT2D eigenvalue weighted by Gasteiger charge is -2.38. The van der Waals surface area contributed by atoms with Crippen molar-refractivity contribution in [3.8, 4) is 11.5 Å². The number of aliphatic imine (C=N–C) groups is 1. The van der Waals surface area contributed by atoms with Gasteiger partial charge in [-0.1, -0.05) is 30.7 Å². The molecule has 2 heterocycles. The summed E-state index contributed by atoms with van der Waals surface area (Å²) >= 11 is 6.32. The van der Waals surface area contributed by atoms with E-state index in [4.69, 9.17) is 26.1 Å². The molecule has 0 aromatic heterocycles. The second kappa shape index (κ2) is 9.06. The van der Waals surface area contributed by atoms with Gasteiger partial charge in [0.1, 0.15) is 17.3 Å². The maximum absolute atomic E-state index is 12.5. The van der Waals surface area contributed by atoms with Crippen LogP contribution in [-0.2, 0) is 9.53 Å². The smallest absolute Gasteiger partial charge is 0.310 e. The van der Waals surface area contributed by atoms with Crippen LogP contribution in [0.1, 0.15) is 25.8 Å². The number of para-hydroxylation sites is 2. The molecule has 0 saturated carbocycles. The second-order valence-electron chi connectivity index (χ2n) is 7.42. The van der Waals surface area contributed by atoms with E-state index >= 15 is 0 Å². The van der Waals surface area contributed by atoms with E-state index in [-0.39, 0.29) is 17.9 Å². The number of esters is 1. The number of piperazine rings is 1. The van der Waals surface area contributed by atoms with Crippen LogP contribution >= 0.6 is 11.6 Å². The number of carbonyl (C=O) groups excluding carboxylic acids is 1. The first kappa shape index (κ1) is 20.7. The Hall–Kier alpha value is -2.57. The fraction of sp³-hybridized carbons (Fsp3) is 0.391. The van der Waals surface area contributed by atoms with Crippen LogP contribution in [0.3, 0.4) is 0 Å². The quantitative estimate of drug-likeness (QED) is 0.733. The predicted octanol–water partition coefficient (Wildman–Crippen LogP) is 4.39. The van der Waals surface area contributed by atoms with Gasteiger partial charge >= 0.3 is 5.97 Å². The molecular formula is C23H26ClN3O3. The number of hydrogen-bond donors (Lipinski definition) is 1. The van der Waals surface area contributed by atoms with Crippen molar-refractivity contribution < 1.29 is 14.3 Å². The Bertz CT molecular complexity index is 962. The predicted molar refractivity (Wildman–Crippen MR) is 118 cm³/mol. The molecule has 1 saturated heterocycles. The molecule has 158 valence electrons. The van der Waals surface area contributed by atoms with Gasteiger partial charge in [-0.05, 0) is 43.7 Å². The van der Waals surface area contributed by atoms with Crippen molar-refractivity contribution in [3.05, 3.63) is 53.1 Å². The second-order valence-corrected chi connectivity index (χ2v) is 7.86. The zero-order valence-electron chi connectivity index (χ0n) is 17.2. The number of halogens is 1. The summed E-state index contributed by atoms with van der Waals surface area (Å²) in [6, 6.07) is 13.3. The summed E-state index contributed by atoms with van der Waals surface area (Å²) in [7, 11) is 0. The van der Waals surface area contributed by atoms with Gasteiger partial charge in [-0.25, -0.2) is 4.99 Å². The molecule has 2 aromatic rings. The Morgan fingerprint density at radius 3 is 2.93 bits per heavy atom. The SMILES string of the molecule is CCOC(=O)[C@@H](CC)C1CN(C2=Nc3ccccc3Oc3ccc(Cl)cc32)CCN1. The molecule has 1 fully saturated rings. The Kier molecular flexibility index (Phi) is 6.25. The lowest BCUT2D eigenvalue weighted by molar-refractivity contribution is -0.149. The van der Waals surface area contributed by atoms with Crippen LogP contribution in [0.15, 0.2) is 47.5 Å². The van der Waals surface area contributed by atoms with Gasteiger partial charge in [0.2, 0.25) is 0 Å². The lowest BCUT2D eigenvalue weighted by atomic mass is 9.94. The molecule has 1 unspecified atom stereocenters. The standard InChI is InChI=1S/C23H26ClN3O3/c1-3-16(23(28)29-4-2)19-14-27(12-11-25-19)22-17-13-15(24)9-10-20(17)30-21-8-6-5-7-18(21)26-22/h5-10,13,16,19,25H,3-4,11-12,14H2,1-2H3/t16-,19?/m0/s1. The van der Waals surface area contributed by atoms with Crippen LogP contribution in [0.25, 0.3) is 0 Å². The van der Waals surface area contributed by atoms with Crippen molar-refractivity contribution in [3.63, 3.8) is 0 Å². The molecule has 6 nitrogen and oxygen atoms in total.